The van der Waals surface area contributed by atoms with Crippen LogP contribution < -0.4 is 0 Å². The molecule has 0 bridgehead atoms. The molecule has 17 heavy (non-hydrogen) atoms. The zero-order valence-electron chi connectivity index (χ0n) is 9.13. The van der Waals surface area contributed by atoms with Crippen LogP contribution in [0, 0.1) is 6.92 Å². The summed E-state index contributed by atoms with van der Waals surface area (Å²) >= 11 is 5.85. The molecule has 1 aromatic carbocycles. The third-order valence-electron chi connectivity index (χ3n) is 2.48. The van der Waals surface area contributed by atoms with Crippen LogP contribution in [-0.2, 0) is 0 Å². The Morgan fingerprint density at radius 3 is 2.65 bits per heavy atom. The Kier molecular flexibility index (Phi) is 2.30. The van der Waals surface area contributed by atoms with Gasteiger partial charge in [0, 0.05) is 23.0 Å². The number of hydrogen-bond acceptors (Lipinski definition) is 3. The van der Waals surface area contributed by atoms with E-state index in [1.54, 1.807) is 10.7 Å². The number of benzene rings is 1. The van der Waals surface area contributed by atoms with Crippen LogP contribution in [-0.4, -0.2) is 19.6 Å². The van der Waals surface area contributed by atoms with Crippen molar-refractivity contribution in [2.24, 2.45) is 0 Å². The molecule has 0 saturated carbocycles. The Morgan fingerprint density at radius 1 is 1.12 bits per heavy atom. The van der Waals surface area contributed by atoms with Gasteiger partial charge in [-0.2, -0.15) is 10.1 Å². The molecule has 0 amide bonds. The molecule has 0 atom stereocenters. The topological polar surface area (TPSA) is 43.1 Å². The molecule has 2 heterocycles. The molecule has 3 rings (SSSR count). The number of aromatic nitrogens is 4. The van der Waals surface area contributed by atoms with Crippen molar-refractivity contribution in [3.05, 3.63) is 47.5 Å². The Balaban J connectivity index is 2.13. The molecule has 0 unspecified atom stereocenters. The number of halogens is 1. The van der Waals surface area contributed by atoms with Crippen molar-refractivity contribution in [2.75, 3.05) is 0 Å². The first kappa shape index (κ1) is 10.2. The van der Waals surface area contributed by atoms with Gasteiger partial charge in [-0.3, -0.25) is 0 Å². The smallest absolute Gasteiger partial charge is 0.219 e. The molecule has 2 aromatic heterocycles. The highest BCUT2D eigenvalue weighted by molar-refractivity contribution is 6.30. The predicted octanol–water partition coefficient (Wildman–Crippen LogP) is 2.75. The molecular formula is C12H9ClN4. The summed E-state index contributed by atoms with van der Waals surface area (Å²) in [4.78, 5) is 8.44. The van der Waals surface area contributed by atoms with Crippen molar-refractivity contribution in [1.29, 1.82) is 0 Å². The molecule has 0 radical (unpaired) electrons. The highest BCUT2D eigenvalue weighted by Gasteiger charge is 2.03. The van der Waals surface area contributed by atoms with Gasteiger partial charge in [-0.05, 0) is 24.6 Å². The average molecular weight is 245 g/mol. The molecule has 0 aliphatic carbocycles. The van der Waals surface area contributed by atoms with E-state index >= 15 is 0 Å². The van der Waals surface area contributed by atoms with Crippen molar-refractivity contribution in [3.8, 4) is 11.1 Å². The van der Waals surface area contributed by atoms with Crippen LogP contribution in [0.4, 0.5) is 0 Å². The van der Waals surface area contributed by atoms with E-state index in [-0.39, 0.29) is 0 Å². The van der Waals surface area contributed by atoms with Gasteiger partial charge in [-0.1, -0.05) is 23.7 Å². The van der Waals surface area contributed by atoms with Gasteiger partial charge in [0.1, 0.15) is 5.82 Å². The lowest BCUT2D eigenvalue weighted by molar-refractivity contribution is 0.918. The Labute approximate surface area is 103 Å². The lowest BCUT2D eigenvalue weighted by atomic mass is 10.1. The first-order valence-corrected chi connectivity index (χ1v) is 5.55. The van der Waals surface area contributed by atoms with E-state index in [1.807, 2.05) is 37.4 Å². The Bertz CT molecular complexity index is 673. The second kappa shape index (κ2) is 3.82. The minimum atomic E-state index is 0.611. The molecule has 84 valence electrons. The van der Waals surface area contributed by atoms with E-state index in [9.17, 15) is 0 Å². The van der Waals surface area contributed by atoms with Gasteiger partial charge < -0.3 is 0 Å². The van der Waals surface area contributed by atoms with Crippen LogP contribution >= 0.6 is 11.6 Å². The maximum absolute atomic E-state index is 5.85. The number of rotatable bonds is 1. The van der Waals surface area contributed by atoms with Gasteiger partial charge in [0.05, 0.1) is 0 Å². The Hall–Kier alpha value is -1.94. The van der Waals surface area contributed by atoms with E-state index in [0.717, 1.165) is 16.1 Å². The summed E-state index contributed by atoms with van der Waals surface area (Å²) in [5.74, 6) is 1.32. The summed E-state index contributed by atoms with van der Waals surface area (Å²) in [6.07, 6.45) is 3.69. The number of fused-ring (bicyclic) bond motifs is 1. The van der Waals surface area contributed by atoms with Crippen LogP contribution in [0.3, 0.4) is 0 Å². The van der Waals surface area contributed by atoms with Gasteiger partial charge in [-0.15, -0.1) is 0 Å². The minimum absolute atomic E-state index is 0.611. The summed E-state index contributed by atoms with van der Waals surface area (Å²) in [6.45, 7) is 1.84. The SMILES string of the molecule is Cc1nc2ncc(-c3ccc(Cl)cc3)cn2n1. The maximum atomic E-state index is 5.85. The largest absolute Gasteiger partial charge is 0.252 e. The highest BCUT2D eigenvalue weighted by Crippen LogP contribution is 2.20. The summed E-state index contributed by atoms with van der Waals surface area (Å²) in [7, 11) is 0. The first-order valence-electron chi connectivity index (χ1n) is 5.17. The van der Waals surface area contributed by atoms with E-state index in [4.69, 9.17) is 11.6 Å². The molecule has 0 aliphatic heterocycles. The normalized spacial score (nSPS) is 10.9. The zero-order valence-corrected chi connectivity index (χ0v) is 9.89. The van der Waals surface area contributed by atoms with Gasteiger partial charge in [0.2, 0.25) is 0 Å². The summed E-state index contributed by atoms with van der Waals surface area (Å²) in [5.41, 5.74) is 2.04. The third kappa shape index (κ3) is 1.87. The fourth-order valence-corrected chi connectivity index (χ4v) is 1.80. The zero-order chi connectivity index (χ0) is 11.8. The van der Waals surface area contributed by atoms with Gasteiger partial charge >= 0.3 is 0 Å². The fraction of sp³-hybridized carbons (Fsp3) is 0.0833. The van der Waals surface area contributed by atoms with Crippen LogP contribution in [0.15, 0.2) is 36.7 Å². The molecule has 0 fully saturated rings. The monoisotopic (exact) mass is 244 g/mol. The minimum Gasteiger partial charge on any atom is -0.219 e. The molecule has 0 aliphatic rings. The Morgan fingerprint density at radius 2 is 1.88 bits per heavy atom. The fourth-order valence-electron chi connectivity index (χ4n) is 1.68. The van der Waals surface area contributed by atoms with Crippen LogP contribution in [0.5, 0.6) is 0 Å². The summed E-state index contributed by atoms with van der Waals surface area (Å²) in [6, 6.07) is 7.62. The van der Waals surface area contributed by atoms with Crippen molar-refractivity contribution in [3.63, 3.8) is 0 Å². The van der Waals surface area contributed by atoms with Crippen LogP contribution in [0.25, 0.3) is 16.9 Å². The van der Waals surface area contributed by atoms with E-state index in [1.165, 1.54) is 0 Å². The molecule has 4 nitrogen and oxygen atoms in total. The van der Waals surface area contributed by atoms with Crippen molar-refractivity contribution < 1.29 is 0 Å². The molecular weight excluding hydrogens is 236 g/mol. The highest BCUT2D eigenvalue weighted by atomic mass is 35.5. The summed E-state index contributed by atoms with van der Waals surface area (Å²) in [5, 5.41) is 4.96. The number of aryl methyl sites for hydroxylation is 1. The van der Waals surface area contributed by atoms with E-state index < -0.39 is 0 Å². The average Bonchev–Trinajstić information content (AvgIpc) is 2.69. The lowest BCUT2D eigenvalue weighted by Gasteiger charge is -2.01. The quantitative estimate of drug-likeness (QED) is 0.661. The van der Waals surface area contributed by atoms with Crippen LogP contribution in [0.2, 0.25) is 5.02 Å². The lowest BCUT2D eigenvalue weighted by Crippen LogP contribution is -1.91. The number of nitrogens with zero attached hydrogens (tertiary/aromatic N) is 4. The van der Waals surface area contributed by atoms with E-state index in [2.05, 4.69) is 15.1 Å². The summed E-state index contributed by atoms with van der Waals surface area (Å²) < 4.78 is 1.68. The molecule has 5 heteroatoms. The van der Waals surface area contributed by atoms with Crippen molar-refractivity contribution >= 4 is 17.4 Å². The number of hydrogen-bond donors (Lipinski definition) is 0. The second-order valence-corrected chi connectivity index (χ2v) is 4.19. The van der Waals surface area contributed by atoms with Gasteiger partial charge in [-0.25, -0.2) is 9.50 Å². The first-order chi connectivity index (χ1) is 8.22. The molecule has 0 spiro atoms. The van der Waals surface area contributed by atoms with Crippen molar-refractivity contribution in [2.45, 2.75) is 6.92 Å². The molecule has 3 aromatic rings. The molecule has 0 saturated heterocycles. The van der Waals surface area contributed by atoms with Crippen molar-refractivity contribution in [1.82, 2.24) is 19.6 Å². The van der Waals surface area contributed by atoms with Crippen LogP contribution in [0.1, 0.15) is 5.82 Å². The predicted molar refractivity (Wildman–Crippen MR) is 66.0 cm³/mol. The maximum Gasteiger partial charge on any atom is 0.252 e. The molecule has 0 N–H and O–H groups in total. The second-order valence-electron chi connectivity index (χ2n) is 3.75. The van der Waals surface area contributed by atoms with E-state index in [0.29, 0.717) is 11.6 Å². The van der Waals surface area contributed by atoms with Gasteiger partial charge in [0.15, 0.2) is 0 Å². The third-order valence-corrected chi connectivity index (χ3v) is 2.73. The standard InChI is InChI=1S/C12H9ClN4/c1-8-15-12-14-6-10(7-17(12)16-8)9-2-4-11(13)5-3-9/h2-7H,1H3. The van der Waals surface area contributed by atoms with Gasteiger partial charge in [0.25, 0.3) is 5.78 Å².